The van der Waals surface area contributed by atoms with E-state index in [-0.39, 0.29) is 5.54 Å². The Morgan fingerprint density at radius 3 is 1.97 bits per heavy atom. The third-order valence-electron chi connectivity index (χ3n) is 4.70. The van der Waals surface area contributed by atoms with Gasteiger partial charge in [0, 0.05) is 11.2 Å². The first-order valence-electron chi connectivity index (χ1n) is 10.6. The van der Waals surface area contributed by atoms with Crippen LogP contribution in [0.25, 0.3) is 11.2 Å². The molecule has 3 aromatic rings. The molecule has 2 aromatic heterocycles. The summed E-state index contributed by atoms with van der Waals surface area (Å²) in [7, 11) is 0. The smallest absolute Gasteiger partial charge is 0.350 e. The van der Waals surface area contributed by atoms with Crippen molar-refractivity contribution in [2.45, 2.75) is 71.0 Å². The first-order valence-corrected chi connectivity index (χ1v) is 10.6. The number of nitrogens with zero attached hydrogens (tertiary/aromatic N) is 3. The van der Waals surface area contributed by atoms with Gasteiger partial charge in [-0.2, -0.15) is 23.1 Å². The van der Waals surface area contributed by atoms with E-state index in [1.165, 1.54) is 50.7 Å². The summed E-state index contributed by atoms with van der Waals surface area (Å²) in [5.74, 6) is 0.824. The van der Waals surface area contributed by atoms with Crippen molar-refractivity contribution in [2.75, 3.05) is 10.6 Å². The van der Waals surface area contributed by atoms with Crippen LogP contribution in [-0.2, 0) is 6.18 Å². The minimum absolute atomic E-state index is 0.189. The van der Waals surface area contributed by atoms with Crippen LogP contribution in [-0.4, -0.2) is 25.5 Å². The lowest BCUT2D eigenvalue weighted by atomic mass is 10.0. The molecule has 1 saturated carbocycles. The number of imidazole rings is 1. The van der Waals surface area contributed by atoms with E-state index in [9.17, 15) is 13.2 Å². The maximum absolute atomic E-state index is 12.6. The van der Waals surface area contributed by atoms with E-state index in [1.807, 2.05) is 20.8 Å². The van der Waals surface area contributed by atoms with E-state index < -0.39 is 11.7 Å². The van der Waals surface area contributed by atoms with Gasteiger partial charge in [-0.15, -0.1) is 0 Å². The molecule has 3 N–H and O–H groups in total. The molecule has 1 aliphatic rings. The summed E-state index contributed by atoms with van der Waals surface area (Å²) in [4.78, 5) is 15.8. The molecule has 1 aliphatic carbocycles. The van der Waals surface area contributed by atoms with Gasteiger partial charge in [0.05, 0.1) is 11.8 Å². The number of benzene rings is 1. The molecule has 0 aliphatic heterocycles. The average molecular weight is 435 g/mol. The molecular weight excluding hydrogens is 405 g/mol. The molecule has 0 bridgehead atoms. The first-order chi connectivity index (χ1) is 14.6. The summed E-state index contributed by atoms with van der Waals surface area (Å²) in [5, 5.41) is 6.07. The number of nitrogens with one attached hydrogen (secondary N) is 3. The molecule has 168 valence electrons. The van der Waals surface area contributed by atoms with Gasteiger partial charge >= 0.3 is 6.18 Å². The predicted molar refractivity (Wildman–Crippen MR) is 117 cm³/mol. The van der Waals surface area contributed by atoms with Crippen molar-refractivity contribution in [3.8, 4) is 0 Å². The predicted octanol–water partition coefficient (Wildman–Crippen LogP) is 6.67. The molecule has 0 unspecified atom stereocenters. The van der Waals surface area contributed by atoms with Gasteiger partial charge in [-0.1, -0.05) is 38.5 Å². The normalized spacial score (nSPS) is 14.6. The summed E-state index contributed by atoms with van der Waals surface area (Å²) >= 11 is 0. The fraction of sp³-hybridized carbons (Fsp3) is 0.500. The SMILES string of the molecule is C1CCCCC1.CC(C)(C)Nc1ncc2[nH]c(Nc3ccc(C(F)(F)F)cc3)nc2n1. The second-order valence-electron chi connectivity index (χ2n) is 8.71. The Labute approximate surface area is 180 Å². The van der Waals surface area contributed by atoms with E-state index in [1.54, 1.807) is 6.20 Å². The molecule has 2 heterocycles. The molecule has 0 saturated heterocycles. The Bertz CT molecular complexity index is 958. The lowest BCUT2D eigenvalue weighted by Gasteiger charge is -2.19. The highest BCUT2D eigenvalue weighted by Gasteiger charge is 2.29. The standard InChI is InChI=1S/C16H17F3N6.C6H12/c1-15(2,3)25-13-20-8-11-12(23-13)24-14(22-11)21-10-6-4-9(5-7-10)16(17,18)19;1-2-4-6-5-3-1/h4-8H,1-3H3,(H3,20,21,22,23,24,25);1-6H2. The average Bonchev–Trinajstić information content (AvgIpc) is 3.10. The number of rotatable bonds is 3. The van der Waals surface area contributed by atoms with Gasteiger partial charge in [0.2, 0.25) is 11.9 Å². The fourth-order valence-electron chi connectivity index (χ4n) is 3.20. The van der Waals surface area contributed by atoms with Crippen molar-refractivity contribution in [3.63, 3.8) is 0 Å². The molecule has 6 nitrogen and oxygen atoms in total. The third-order valence-corrected chi connectivity index (χ3v) is 4.70. The van der Waals surface area contributed by atoms with Crippen molar-refractivity contribution in [1.82, 2.24) is 19.9 Å². The van der Waals surface area contributed by atoms with Crippen LogP contribution in [0.2, 0.25) is 0 Å². The van der Waals surface area contributed by atoms with Crippen LogP contribution in [0.3, 0.4) is 0 Å². The van der Waals surface area contributed by atoms with Crippen LogP contribution in [0.5, 0.6) is 0 Å². The van der Waals surface area contributed by atoms with Crippen molar-refractivity contribution < 1.29 is 13.2 Å². The number of H-pyrrole nitrogens is 1. The number of hydrogen-bond donors (Lipinski definition) is 3. The molecule has 31 heavy (non-hydrogen) atoms. The molecule has 1 aromatic carbocycles. The first kappa shape index (κ1) is 22.8. The van der Waals surface area contributed by atoms with Crippen molar-refractivity contribution >= 4 is 28.7 Å². The number of alkyl halides is 3. The Morgan fingerprint density at radius 1 is 0.871 bits per heavy atom. The lowest BCUT2D eigenvalue weighted by Crippen LogP contribution is -2.27. The van der Waals surface area contributed by atoms with Crippen LogP contribution in [0, 0.1) is 0 Å². The Kier molecular flexibility index (Phi) is 7.02. The zero-order valence-electron chi connectivity index (χ0n) is 18.1. The van der Waals surface area contributed by atoms with Gasteiger partial charge in [-0.05, 0) is 45.0 Å². The Balaban J connectivity index is 0.000000391. The summed E-state index contributed by atoms with van der Waals surface area (Å²) in [6.07, 6.45) is 6.24. The van der Waals surface area contributed by atoms with Gasteiger partial charge in [0.25, 0.3) is 0 Å². The number of anilines is 3. The highest BCUT2D eigenvalue weighted by atomic mass is 19.4. The van der Waals surface area contributed by atoms with Crippen LogP contribution in [0.15, 0.2) is 30.5 Å². The zero-order valence-corrected chi connectivity index (χ0v) is 18.1. The molecule has 4 rings (SSSR count). The van der Waals surface area contributed by atoms with Gasteiger partial charge in [0.1, 0.15) is 5.52 Å². The topological polar surface area (TPSA) is 78.5 Å². The van der Waals surface area contributed by atoms with Crippen LogP contribution in [0.4, 0.5) is 30.8 Å². The summed E-state index contributed by atoms with van der Waals surface area (Å²) in [6, 6.07) is 4.70. The second-order valence-corrected chi connectivity index (χ2v) is 8.71. The van der Waals surface area contributed by atoms with Crippen molar-refractivity contribution in [1.29, 1.82) is 0 Å². The number of hydrogen-bond acceptors (Lipinski definition) is 5. The zero-order chi connectivity index (χ0) is 22.5. The molecular formula is C22H29F3N6. The highest BCUT2D eigenvalue weighted by molar-refractivity contribution is 5.74. The van der Waals surface area contributed by atoms with Gasteiger partial charge in [-0.3, -0.25) is 0 Å². The second kappa shape index (κ2) is 9.53. The van der Waals surface area contributed by atoms with Crippen molar-refractivity contribution in [3.05, 3.63) is 36.0 Å². The fourth-order valence-corrected chi connectivity index (χ4v) is 3.20. The van der Waals surface area contributed by atoms with Crippen LogP contribution in [0.1, 0.15) is 64.9 Å². The van der Waals surface area contributed by atoms with E-state index in [2.05, 4.69) is 30.6 Å². The molecule has 0 spiro atoms. The summed E-state index contributed by atoms with van der Waals surface area (Å²) < 4.78 is 37.7. The quantitative estimate of drug-likeness (QED) is 0.429. The highest BCUT2D eigenvalue weighted by Crippen LogP contribution is 2.30. The van der Waals surface area contributed by atoms with Gasteiger partial charge in [-0.25, -0.2) is 4.98 Å². The minimum Gasteiger partial charge on any atom is -0.350 e. The van der Waals surface area contributed by atoms with E-state index in [4.69, 9.17) is 0 Å². The molecule has 1 fully saturated rings. The van der Waals surface area contributed by atoms with Crippen LogP contribution >= 0.6 is 0 Å². The number of fused-ring (bicyclic) bond motifs is 1. The minimum atomic E-state index is -4.36. The summed E-state index contributed by atoms with van der Waals surface area (Å²) in [6.45, 7) is 5.97. The van der Waals surface area contributed by atoms with Crippen LogP contribution < -0.4 is 10.6 Å². The Hall–Kier alpha value is -2.84. The third kappa shape index (κ3) is 7.11. The van der Waals surface area contributed by atoms with E-state index >= 15 is 0 Å². The molecule has 0 atom stereocenters. The van der Waals surface area contributed by atoms with Gasteiger partial charge in [0.15, 0.2) is 5.65 Å². The molecule has 9 heteroatoms. The Morgan fingerprint density at radius 2 is 1.45 bits per heavy atom. The lowest BCUT2D eigenvalue weighted by molar-refractivity contribution is -0.137. The maximum atomic E-state index is 12.6. The number of aromatic amines is 1. The number of halogens is 3. The molecule has 0 amide bonds. The van der Waals surface area contributed by atoms with E-state index in [0.29, 0.717) is 28.7 Å². The maximum Gasteiger partial charge on any atom is 0.416 e. The number of aromatic nitrogens is 4. The van der Waals surface area contributed by atoms with E-state index in [0.717, 1.165) is 12.1 Å². The monoisotopic (exact) mass is 434 g/mol. The van der Waals surface area contributed by atoms with Crippen molar-refractivity contribution in [2.24, 2.45) is 0 Å². The molecule has 0 radical (unpaired) electrons. The van der Waals surface area contributed by atoms with Gasteiger partial charge < -0.3 is 15.6 Å². The largest absolute Gasteiger partial charge is 0.416 e. The summed E-state index contributed by atoms with van der Waals surface area (Å²) in [5.41, 5.74) is 0.662.